The van der Waals surface area contributed by atoms with Crippen molar-refractivity contribution >= 4 is 28.5 Å². The lowest BCUT2D eigenvalue weighted by Crippen LogP contribution is -2.41. The molecule has 0 spiro atoms. The first-order valence-electron chi connectivity index (χ1n) is 10.4. The zero-order valence-corrected chi connectivity index (χ0v) is 17.4. The number of benzene rings is 3. The van der Waals surface area contributed by atoms with Gasteiger partial charge in [0.2, 0.25) is 5.91 Å². The number of imide groups is 1. The first kappa shape index (κ1) is 20.6. The lowest BCUT2D eigenvalue weighted by molar-refractivity contribution is -0.130. The van der Waals surface area contributed by atoms with Gasteiger partial charge < -0.3 is 9.64 Å². The molecule has 3 aromatic rings. The van der Waals surface area contributed by atoms with Crippen LogP contribution in [0.3, 0.4) is 0 Å². The van der Waals surface area contributed by atoms with E-state index in [4.69, 9.17) is 4.74 Å². The fourth-order valence-electron chi connectivity index (χ4n) is 3.80. The van der Waals surface area contributed by atoms with Crippen LogP contribution in [0.1, 0.15) is 33.6 Å². The first-order chi connectivity index (χ1) is 15.1. The Bertz CT molecular complexity index is 1080. The highest BCUT2D eigenvalue weighted by Gasteiger charge is 2.32. The molecule has 4 rings (SSSR count). The molecule has 0 saturated heterocycles. The molecular formula is C25H24N2O4. The molecule has 0 atom stereocenters. The lowest BCUT2D eigenvalue weighted by atomic mass is 9.94. The molecule has 0 radical (unpaired) electrons. The van der Waals surface area contributed by atoms with Crippen molar-refractivity contribution in [1.82, 2.24) is 9.80 Å². The predicted octanol–water partition coefficient (Wildman–Crippen LogP) is 3.75. The quantitative estimate of drug-likeness (QED) is 0.525. The van der Waals surface area contributed by atoms with Crippen molar-refractivity contribution in [3.8, 4) is 5.75 Å². The first-order valence-corrected chi connectivity index (χ1v) is 10.4. The van der Waals surface area contributed by atoms with E-state index in [9.17, 15) is 14.4 Å². The number of nitrogens with zero attached hydrogens (tertiary/aromatic N) is 2. The minimum Gasteiger partial charge on any atom is -0.492 e. The lowest BCUT2D eigenvalue weighted by Gasteiger charge is -2.27. The summed E-state index contributed by atoms with van der Waals surface area (Å²) < 4.78 is 5.62. The molecule has 6 nitrogen and oxygen atoms in total. The fourth-order valence-corrected chi connectivity index (χ4v) is 3.80. The Labute approximate surface area is 181 Å². The molecule has 1 aliphatic heterocycles. The van der Waals surface area contributed by atoms with Gasteiger partial charge in [-0.3, -0.25) is 19.3 Å². The molecule has 1 heterocycles. The number of amides is 3. The molecular weight excluding hydrogens is 392 g/mol. The van der Waals surface area contributed by atoms with Gasteiger partial charge in [0.1, 0.15) is 12.4 Å². The molecule has 6 heteroatoms. The van der Waals surface area contributed by atoms with Gasteiger partial charge in [-0.05, 0) is 36.1 Å². The van der Waals surface area contributed by atoms with E-state index < -0.39 is 0 Å². The van der Waals surface area contributed by atoms with E-state index in [-0.39, 0.29) is 30.7 Å². The fraction of sp³-hybridized carbons (Fsp3) is 0.240. The molecule has 0 fully saturated rings. The maximum atomic E-state index is 12.9. The zero-order valence-electron chi connectivity index (χ0n) is 17.4. The number of rotatable bonds is 8. The highest BCUT2D eigenvalue weighted by Crippen LogP contribution is 2.30. The minimum atomic E-state index is -0.300. The Morgan fingerprint density at radius 2 is 1.55 bits per heavy atom. The smallest absolute Gasteiger partial charge is 0.261 e. The van der Waals surface area contributed by atoms with Gasteiger partial charge >= 0.3 is 0 Å². The number of para-hydroxylation sites is 1. The third-order valence-electron chi connectivity index (χ3n) is 5.49. The Morgan fingerprint density at radius 1 is 0.903 bits per heavy atom. The predicted molar refractivity (Wildman–Crippen MR) is 118 cm³/mol. The number of carbonyl (C=O) groups excluding carboxylic acids is 3. The molecule has 3 aromatic carbocycles. The van der Waals surface area contributed by atoms with Gasteiger partial charge in [-0.1, -0.05) is 42.5 Å². The van der Waals surface area contributed by atoms with E-state index in [1.54, 1.807) is 24.1 Å². The molecule has 0 aliphatic carbocycles. The van der Waals surface area contributed by atoms with Crippen LogP contribution in [0.15, 0.2) is 66.7 Å². The molecule has 0 saturated carbocycles. The molecule has 31 heavy (non-hydrogen) atoms. The van der Waals surface area contributed by atoms with E-state index in [1.165, 1.54) is 4.90 Å². The van der Waals surface area contributed by atoms with E-state index in [2.05, 4.69) is 0 Å². The van der Waals surface area contributed by atoms with E-state index in [0.717, 1.165) is 11.1 Å². The van der Waals surface area contributed by atoms with E-state index in [0.29, 0.717) is 36.1 Å². The van der Waals surface area contributed by atoms with Gasteiger partial charge in [0.15, 0.2) is 0 Å². The van der Waals surface area contributed by atoms with Crippen molar-refractivity contribution in [2.75, 3.05) is 26.7 Å². The Kier molecular flexibility index (Phi) is 5.98. The summed E-state index contributed by atoms with van der Waals surface area (Å²) in [5.74, 6) is 0.120. The SMILES string of the molecule is CN(CCOc1ccccc1)C(=O)CCCN1C(=O)c2cccc3cccc(c23)C1=O. The van der Waals surface area contributed by atoms with Gasteiger partial charge in [0.05, 0.1) is 6.54 Å². The summed E-state index contributed by atoms with van der Waals surface area (Å²) >= 11 is 0. The third kappa shape index (κ3) is 4.28. The van der Waals surface area contributed by atoms with E-state index >= 15 is 0 Å². The summed E-state index contributed by atoms with van der Waals surface area (Å²) in [5.41, 5.74) is 1.07. The van der Waals surface area contributed by atoms with Crippen molar-refractivity contribution in [3.05, 3.63) is 77.9 Å². The molecule has 0 bridgehead atoms. The van der Waals surface area contributed by atoms with Crippen LogP contribution in [0, 0.1) is 0 Å². The number of likely N-dealkylation sites (N-methyl/N-ethyl adjacent to an activating group) is 1. The standard InChI is InChI=1S/C25H24N2O4/c1-26(16-17-31-19-10-3-2-4-11-19)22(28)14-7-15-27-24(29)20-12-5-8-18-9-6-13-21(23(18)20)25(27)30/h2-6,8-13H,7,14-17H2,1H3. The summed E-state index contributed by atoms with van der Waals surface area (Å²) in [6.07, 6.45) is 0.670. The average Bonchev–Trinajstić information content (AvgIpc) is 2.80. The Morgan fingerprint density at radius 3 is 2.19 bits per heavy atom. The molecule has 3 amide bonds. The normalized spacial score (nSPS) is 12.9. The second kappa shape index (κ2) is 9.00. The van der Waals surface area contributed by atoms with Crippen molar-refractivity contribution < 1.29 is 19.1 Å². The summed E-state index contributed by atoms with van der Waals surface area (Å²) in [6, 6.07) is 20.4. The highest BCUT2D eigenvalue weighted by molar-refractivity contribution is 6.25. The van der Waals surface area contributed by atoms with Crippen LogP contribution in [0.25, 0.3) is 10.8 Å². The van der Waals surface area contributed by atoms with Gasteiger partial charge in [-0.2, -0.15) is 0 Å². The highest BCUT2D eigenvalue weighted by atomic mass is 16.5. The summed E-state index contributed by atoms with van der Waals surface area (Å²) in [7, 11) is 1.73. The van der Waals surface area contributed by atoms with Gasteiger partial charge in [-0.25, -0.2) is 0 Å². The van der Waals surface area contributed by atoms with Crippen LogP contribution in [-0.2, 0) is 4.79 Å². The molecule has 158 valence electrons. The van der Waals surface area contributed by atoms with Crippen LogP contribution in [0.5, 0.6) is 5.75 Å². The largest absolute Gasteiger partial charge is 0.492 e. The minimum absolute atomic E-state index is 0.0453. The monoisotopic (exact) mass is 416 g/mol. The molecule has 0 aromatic heterocycles. The second-order valence-electron chi connectivity index (χ2n) is 7.55. The van der Waals surface area contributed by atoms with Gasteiger partial charge in [-0.15, -0.1) is 0 Å². The van der Waals surface area contributed by atoms with Crippen LogP contribution in [-0.4, -0.2) is 54.3 Å². The van der Waals surface area contributed by atoms with Crippen LogP contribution >= 0.6 is 0 Å². The number of hydrogen-bond donors (Lipinski definition) is 0. The van der Waals surface area contributed by atoms with Gasteiger partial charge in [0.25, 0.3) is 11.8 Å². The van der Waals surface area contributed by atoms with Crippen LogP contribution < -0.4 is 4.74 Å². The summed E-state index contributed by atoms with van der Waals surface area (Å²) in [6.45, 7) is 1.07. The van der Waals surface area contributed by atoms with Crippen molar-refractivity contribution in [3.63, 3.8) is 0 Å². The molecule has 0 N–H and O–H groups in total. The van der Waals surface area contributed by atoms with Crippen molar-refractivity contribution in [2.45, 2.75) is 12.8 Å². The summed E-state index contributed by atoms with van der Waals surface area (Å²) in [4.78, 5) is 41.1. The molecule has 0 unspecified atom stereocenters. The molecule has 1 aliphatic rings. The van der Waals surface area contributed by atoms with Crippen molar-refractivity contribution in [1.29, 1.82) is 0 Å². The zero-order chi connectivity index (χ0) is 21.8. The topological polar surface area (TPSA) is 66.9 Å². The summed E-state index contributed by atoms with van der Waals surface area (Å²) in [5, 5.41) is 1.59. The number of hydrogen-bond acceptors (Lipinski definition) is 4. The second-order valence-corrected chi connectivity index (χ2v) is 7.55. The van der Waals surface area contributed by atoms with Crippen LogP contribution in [0.4, 0.5) is 0 Å². The Hall–Kier alpha value is -3.67. The Balaban J connectivity index is 1.31. The maximum absolute atomic E-state index is 12.9. The van der Waals surface area contributed by atoms with E-state index in [1.807, 2.05) is 54.6 Å². The number of carbonyl (C=O) groups is 3. The third-order valence-corrected chi connectivity index (χ3v) is 5.49. The van der Waals surface area contributed by atoms with Gasteiger partial charge in [0, 0.05) is 36.5 Å². The van der Waals surface area contributed by atoms with Crippen molar-refractivity contribution in [2.24, 2.45) is 0 Å². The van der Waals surface area contributed by atoms with Crippen LogP contribution in [0.2, 0.25) is 0 Å². The average molecular weight is 416 g/mol. The number of ether oxygens (including phenoxy) is 1. The maximum Gasteiger partial charge on any atom is 0.261 e.